The number of carbonyl (C=O) groups is 2. The van der Waals surface area contributed by atoms with E-state index in [2.05, 4.69) is 4.98 Å². The number of aryl methyl sites for hydroxylation is 1. The van der Waals surface area contributed by atoms with E-state index in [1.54, 1.807) is 24.0 Å². The van der Waals surface area contributed by atoms with E-state index in [-0.39, 0.29) is 12.5 Å². The van der Waals surface area contributed by atoms with Gasteiger partial charge in [0, 0.05) is 24.3 Å². The van der Waals surface area contributed by atoms with Gasteiger partial charge in [0.05, 0.1) is 27.9 Å². The van der Waals surface area contributed by atoms with Crippen molar-refractivity contribution in [1.29, 1.82) is 0 Å². The molecule has 0 atom stereocenters. The number of aromatic nitrogens is 1. The number of nitrogens with one attached hydrogen (secondary N) is 1. The fraction of sp³-hybridized carbons (Fsp3) is 0.357. The number of esters is 1. The fourth-order valence-corrected chi connectivity index (χ4v) is 4.17. The highest BCUT2D eigenvalue weighted by Gasteiger charge is 2.25. The summed E-state index contributed by atoms with van der Waals surface area (Å²) in [5.74, 6) is 0.631. The summed E-state index contributed by atoms with van der Waals surface area (Å²) in [7, 11) is 4.55. The minimum atomic E-state index is -0.406. The Labute approximate surface area is 212 Å². The summed E-state index contributed by atoms with van der Waals surface area (Å²) in [5, 5.41) is 0. The lowest BCUT2D eigenvalue weighted by atomic mass is 10.1. The van der Waals surface area contributed by atoms with Gasteiger partial charge in [0.2, 0.25) is 5.75 Å². The number of nitrogens with zero attached hydrogens (tertiary/aromatic N) is 1. The standard InChI is InChI=1S/C28H34N2O6/c1-7-36-28(32)25-18(2)22(19(3)29-25)17-30(14-13-20-11-9-8-10-12-20)27(31)21-15-23(33-4)26(35-6)24(16-21)34-5/h8-12,15-16,29H,7,13-14,17H2,1-6H3. The van der Waals surface area contributed by atoms with Gasteiger partial charge in [-0.25, -0.2) is 4.79 Å². The number of aromatic amines is 1. The second-order valence-corrected chi connectivity index (χ2v) is 8.33. The van der Waals surface area contributed by atoms with Crippen LogP contribution in [0.1, 0.15) is 50.2 Å². The normalized spacial score (nSPS) is 10.6. The third-order valence-electron chi connectivity index (χ3n) is 6.13. The van der Waals surface area contributed by atoms with Crippen molar-refractivity contribution in [3.05, 3.63) is 76.1 Å². The number of H-pyrrole nitrogens is 1. The second-order valence-electron chi connectivity index (χ2n) is 8.33. The Balaban J connectivity index is 1.99. The van der Waals surface area contributed by atoms with Crippen molar-refractivity contribution in [2.45, 2.75) is 33.7 Å². The highest BCUT2D eigenvalue weighted by atomic mass is 16.5. The van der Waals surface area contributed by atoms with Gasteiger partial charge in [-0.3, -0.25) is 4.79 Å². The molecule has 36 heavy (non-hydrogen) atoms. The summed E-state index contributed by atoms with van der Waals surface area (Å²) in [4.78, 5) is 31.2. The largest absolute Gasteiger partial charge is 0.493 e. The first-order chi connectivity index (χ1) is 17.3. The summed E-state index contributed by atoms with van der Waals surface area (Å²) < 4.78 is 21.5. The zero-order valence-electron chi connectivity index (χ0n) is 21.8. The lowest BCUT2D eigenvalue weighted by Crippen LogP contribution is -2.33. The molecule has 1 amide bonds. The third-order valence-corrected chi connectivity index (χ3v) is 6.13. The molecule has 0 aliphatic rings. The van der Waals surface area contributed by atoms with Gasteiger partial charge in [-0.1, -0.05) is 30.3 Å². The molecule has 0 fully saturated rings. The van der Waals surface area contributed by atoms with Crippen LogP contribution in [0, 0.1) is 13.8 Å². The van der Waals surface area contributed by atoms with Crippen molar-refractivity contribution < 1.29 is 28.5 Å². The van der Waals surface area contributed by atoms with Gasteiger partial charge in [-0.15, -0.1) is 0 Å². The molecule has 0 saturated heterocycles. The number of ether oxygens (including phenoxy) is 4. The number of hydrogen-bond donors (Lipinski definition) is 1. The van der Waals surface area contributed by atoms with E-state index in [0.29, 0.717) is 48.0 Å². The van der Waals surface area contributed by atoms with Crippen molar-refractivity contribution in [3.63, 3.8) is 0 Å². The van der Waals surface area contributed by atoms with Gasteiger partial charge in [0.15, 0.2) is 11.5 Å². The van der Waals surface area contributed by atoms with Crippen LogP contribution in [0.4, 0.5) is 0 Å². The molecular weight excluding hydrogens is 460 g/mol. The van der Waals surface area contributed by atoms with E-state index < -0.39 is 5.97 Å². The Kier molecular flexibility index (Phi) is 9.00. The van der Waals surface area contributed by atoms with E-state index in [4.69, 9.17) is 18.9 Å². The summed E-state index contributed by atoms with van der Waals surface area (Å²) in [6, 6.07) is 13.3. The van der Waals surface area contributed by atoms with Crippen molar-refractivity contribution in [2.24, 2.45) is 0 Å². The molecule has 3 aromatic rings. The number of carbonyl (C=O) groups excluding carboxylic acids is 2. The molecule has 8 nitrogen and oxygen atoms in total. The third kappa shape index (κ3) is 5.82. The fourth-order valence-electron chi connectivity index (χ4n) is 4.17. The van der Waals surface area contributed by atoms with Crippen LogP contribution in [0.2, 0.25) is 0 Å². The highest BCUT2D eigenvalue weighted by molar-refractivity contribution is 5.96. The quantitative estimate of drug-likeness (QED) is 0.388. The molecule has 192 valence electrons. The zero-order valence-corrected chi connectivity index (χ0v) is 21.8. The SMILES string of the molecule is CCOC(=O)c1[nH]c(C)c(CN(CCc2ccccc2)C(=O)c2cc(OC)c(OC)c(OC)c2)c1C. The van der Waals surface area contributed by atoms with Gasteiger partial charge >= 0.3 is 5.97 Å². The first kappa shape index (κ1) is 26.7. The maximum absolute atomic E-state index is 13.8. The second kappa shape index (κ2) is 12.2. The van der Waals surface area contributed by atoms with Crippen LogP contribution in [0.15, 0.2) is 42.5 Å². The number of rotatable bonds is 11. The van der Waals surface area contributed by atoms with E-state index in [1.807, 2.05) is 44.2 Å². The van der Waals surface area contributed by atoms with Gasteiger partial charge in [0.25, 0.3) is 5.91 Å². The van der Waals surface area contributed by atoms with Crippen molar-refractivity contribution in [2.75, 3.05) is 34.5 Å². The van der Waals surface area contributed by atoms with Gasteiger partial charge in [-0.2, -0.15) is 0 Å². The molecule has 1 N–H and O–H groups in total. The molecular formula is C28H34N2O6. The summed E-state index contributed by atoms with van der Waals surface area (Å²) in [5.41, 5.74) is 4.41. The van der Waals surface area contributed by atoms with E-state index in [9.17, 15) is 9.59 Å². The van der Waals surface area contributed by atoms with Crippen molar-refractivity contribution in [3.8, 4) is 17.2 Å². The first-order valence-electron chi connectivity index (χ1n) is 11.8. The lowest BCUT2D eigenvalue weighted by Gasteiger charge is -2.24. The van der Waals surface area contributed by atoms with Crippen molar-refractivity contribution in [1.82, 2.24) is 9.88 Å². The molecule has 0 aliphatic carbocycles. The molecule has 0 unspecified atom stereocenters. The van der Waals surface area contributed by atoms with Crippen LogP contribution in [-0.4, -0.2) is 56.2 Å². The first-order valence-corrected chi connectivity index (χ1v) is 11.8. The average Bonchev–Trinajstić information content (AvgIpc) is 3.18. The molecule has 0 saturated carbocycles. The Hall–Kier alpha value is -3.94. The molecule has 1 aromatic heterocycles. The van der Waals surface area contributed by atoms with Crippen LogP contribution in [0.3, 0.4) is 0 Å². The van der Waals surface area contributed by atoms with Gasteiger partial charge in [-0.05, 0) is 56.0 Å². The van der Waals surface area contributed by atoms with E-state index in [1.165, 1.54) is 21.3 Å². The Morgan fingerprint density at radius 2 is 1.58 bits per heavy atom. The Bertz CT molecular complexity index is 1180. The summed E-state index contributed by atoms with van der Waals surface area (Å²) in [6.45, 7) is 6.60. The zero-order chi connectivity index (χ0) is 26.2. The Morgan fingerprint density at radius 1 is 0.944 bits per heavy atom. The monoisotopic (exact) mass is 494 g/mol. The average molecular weight is 495 g/mol. The van der Waals surface area contributed by atoms with Crippen molar-refractivity contribution >= 4 is 11.9 Å². The maximum Gasteiger partial charge on any atom is 0.355 e. The van der Waals surface area contributed by atoms with E-state index >= 15 is 0 Å². The molecule has 3 rings (SSSR count). The van der Waals surface area contributed by atoms with Crippen LogP contribution in [0.5, 0.6) is 17.2 Å². The number of benzene rings is 2. The van der Waals surface area contributed by atoms with Gasteiger partial charge in [0.1, 0.15) is 5.69 Å². The minimum Gasteiger partial charge on any atom is -0.493 e. The molecule has 1 heterocycles. The summed E-state index contributed by atoms with van der Waals surface area (Å²) in [6.07, 6.45) is 0.671. The predicted molar refractivity (Wildman–Crippen MR) is 137 cm³/mol. The molecule has 0 radical (unpaired) electrons. The van der Waals surface area contributed by atoms with E-state index in [0.717, 1.165) is 22.4 Å². The minimum absolute atomic E-state index is 0.192. The summed E-state index contributed by atoms with van der Waals surface area (Å²) >= 11 is 0. The lowest BCUT2D eigenvalue weighted by molar-refractivity contribution is 0.0519. The van der Waals surface area contributed by atoms with Crippen LogP contribution in [-0.2, 0) is 17.7 Å². The highest BCUT2D eigenvalue weighted by Crippen LogP contribution is 2.38. The van der Waals surface area contributed by atoms with Crippen LogP contribution in [0.25, 0.3) is 0 Å². The number of methoxy groups -OCH3 is 3. The topological polar surface area (TPSA) is 90.1 Å². The number of amides is 1. The molecule has 0 spiro atoms. The molecule has 0 bridgehead atoms. The van der Waals surface area contributed by atoms with Crippen LogP contribution < -0.4 is 14.2 Å². The van der Waals surface area contributed by atoms with Gasteiger partial charge < -0.3 is 28.8 Å². The Morgan fingerprint density at radius 3 is 2.14 bits per heavy atom. The predicted octanol–water partition coefficient (Wildman–Crippen LogP) is 4.72. The van der Waals surface area contributed by atoms with Crippen LogP contribution >= 0.6 is 0 Å². The smallest absolute Gasteiger partial charge is 0.355 e. The maximum atomic E-state index is 13.8. The number of hydrogen-bond acceptors (Lipinski definition) is 6. The molecule has 8 heteroatoms. The molecule has 2 aromatic carbocycles. The molecule has 0 aliphatic heterocycles.